The quantitative estimate of drug-likeness (QED) is 0.491. The Bertz CT molecular complexity index is 1260. The Morgan fingerprint density at radius 2 is 1.94 bits per heavy atom. The van der Waals surface area contributed by atoms with Crippen LogP contribution < -0.4 is 9.64 Å². The van der Waals surface area contributed by atoms with Gasteiger partial charge in [0.15, 0.2) is 6.30 Å². The number of alkyl halides is 1. The summed E-state index contributed by atoms with van der Waals surface area (Å²) in [5.41, 5.74) is 4.62. The van der Waals surface area contributed by atoms with Crippen LogP contribution in [0.5, 0.6) is 5.75 Å². The second-order valence-corrected chi connectivity index (χ2v) is 7.97. The number of fused-ring (bicyclic) bond motifs is 1. The Hall–Kier alpha value is -3.52. The van der Waals surface area contributed by atoms with E-state index in [0.29, 0.717) is 42.0 Å². The van der Waals surface area contributed by atoms with Crippen LogP contribution in [0.2, 0.25) is 0 Å². The molecule has 1 saturated heterocycles. The summed E-state index contributed by atoms with van der Waals surface area (Å²) in [5, 5.41) is 15.5. The van der Waals surface area contributed by atoms with E-state index in [9.17, 15) is 9.50 Å². The molecular formula is C24H24FN5O2. The molecule has 8 heteroatoms. The van der Waals surface area contributed by atoms with Crippen molar-refractivity contribution in [2.24, 2.45) is 7.05 Å². The zero-order valence-electron chi connectivity index (χ0n) is 17.9. The van der Waals surface area contributed by atoms with E-state index >= 15 is 0 Å². The van der Waals surface area contributed by atoms with Gasteiger partial charge in [0, 0.05) is 42.4 Å². The number of aliphatic hydroxyl groups is 1. The lowest BCUT2D eigenvalue weighted by Gasteiger charge is -2.36. The fourth-order valence-corrected chi connectivity index (χ4v) is 4.34. The summed E-state index contributed by atoms with van der Waals surface area (Å²) < 4.78 is 22.3. The maximum absolute atomic E-state index is 14.9. The van der Waals surface area contributed by atoms with Crippen molar-refractivity contribution in [3.8, 4) is 28.3 Å². The summed E-state index contributed by atoms with van der Waals surface area (Å²) in [4.78, 5) is 10.6. The average molecular weight is 433 g/mol. The molecule has 1 N–H and O–H groups in total. The monoisotopic (exact) mass is 433 g/mol. The van der Waals surface area contributed by atoms with Crippen LogP contribution in [0, 0.1) is 0 Å². The second kappa shape index (κ2) is 8.20. The lowest BCUT2D eigenvalue weighted by Crippen LogP contribution is -2.45. The second-order valence-electron chi connectivity index (χ2n) is 7.97. The third kappa shape index (κ3) is 3.46. The topological polar surface area (TPSA) is 76.3 Å². The molecule has 164 valence electrons. The van der Waals surface area contributed by atoms with E-state index in [1.54, 1.807) is 22.8 Å². The number of rotatable bonds is 4. The van der Waals surface area contributed by atoms with Crippen LogP contribution in [0.1, 0.15) is 12.8 Å². The minimum atomic E-state index is -1.50. The lowest BCUT2D eigenvalue weighted by molar-refractivity contribution is 0.0511. The maximum Gasteiger partial charge on any atom is 0.198 e. The molecule has 2 aromatic heterocycles. The minimum absolute atomic E-state index is 0.443. The van der Waals surface area contributed by atoms with Crippen molar-refractivity contribution in [2.75, 3.05) is 18.6 Å². The molecular weight excluding hydrogens is 409 g/mol. The summed E-state index contributed by atoms with van der Waals surface area (Å²) >= 11 is 0. The highest BCUT2D eigenvalue weighted by Gasteiger charge is 2.32. The standard InChI is InChI=1S/C24H24FN5O2/c1-29-13-17(22(28-29)15-7-4-3-5-8-15)23-16-11-19(30-10-6-9-20(31)24(30)25)21(32-2)12-18(16)26-14-27-23/h3-5,7-8,11-14,20,24,31H,6,9-10H2,1-2H3. The third-order valence-corrected chi connectivity index (χ3v) is 5.89. The first kappa shape index (κ1) is 20.4. The van der Waals surface area contributed by atoms with Crippen molar-refractivity contribution in [3.05, 3.63) is 55.0 Å². The minimum Gasteiger partial charge on any atom is -0.495 e. The molecule has 3 heterocycles. The molecule has 2 aromatic carbocycles. The fourth-order valence-electron chi connectivity index (χ4n) is 4.34. The van der Waals surface area contributed by atoms with E-state index in [1.807, 2.05) is 49.6 Å². The highest BCUT2D eigenvalue weighted by atomic mass is 19.1. The molecule has 32 heavy (non-hydrogen) atoms. The average Bonchev–Trinajstić information content (AvgIpc) is 3.21. The van der Waals surface area contributed by atoms with Crippen LogP contribution in [0.25, 0.3) is 33.4 Å². The van der Waals surface area contributed by atoms with Crippen molar-refractivity contribution in [1.29, 1.82) is 0 Å². The van der Waals surface area contributed by atoms with Gasteiger partial charge in [-0.3, -0.25) is 4.68 Å². The van der Waals surface area contributed by atoms with Gasteiger partial charge in [-0.1, -0.05) is 30.3 Å². The Kier molecular flexibility index (Phi) is 5.22. The van der Waals surface area contributed by atoms with Gasteiger partial charge in [-0.2, -0.15) is 5.10 Å². The number of piperidine rings is 1. The van der Waals surface area contributed by atoms with E-state index in [0.717, 1.165) is 22.2 Å². The summed E-state index contributed by atoms with van der Waals surface area (Å²) in [7, 11) is 3.42. The summed E-state index contributed by atoms with van der Waals surface area (Å²) in [6.07, 6.45) is 2.05. The Labute approximate surface area is 185 Å². The zero-order chi connectivity index (χ0) is 22.2. The first-order valence-electron chi connectivity index (χ1n) is 10.6. The molecule has 5 rings (SSSR count). The van der Waals surface area contributed by atoms with Gasteiger partial charge in [-0.25, -0.2) is 14.4 Å². The van der Waals surface area contributed by atoms with Gasteiger partial charge >= 0.3 is 0 Å². The van der Waals surface area contributed by atoms with Crippen molar-refractivity contribution in [1.82, 2.24) is 19.7 Å². The van der Waals surface area contributed by atoms with Crippen molar-refractivity contribution in [2.45, 2.75) is 25.2 Å². The molecule has 1 aliphatic rings. The van der Waals surface area contributed by atoms with Gasteiger partial charge in [-0.05, 0) is 18.9 Å². The van der Waals surface area contributed by atoms with Crippen LogP contribution in [0.3, 0.4) is 0 Å². The van der Waals surface area contributed by atoms with Crippen LogP contribution in [-0.2, 0) is 7.05 Å². The molecule has 0 saturated carbocycles. The molecule has 2 atom stereocenters. The number of aliphatic hydroxyl groups excluding tert-OH is 1. The molecule has 1 fully saturated rings. The number of nitrogens with zero attached hydrogens (tertiary/aromatic N) is 5. The molecule has 0 spiro atoms. The Balaban J connectivity index is 1.71. The third-order valence-electron chi connectivity index (χ3n) is 5.89. The predicted octanol–water partition coefficient (Wildman–Crippen LogP) is 3.96. The van der Waals surface area contributed by atoms with Crippen LogP contribution in [-0.4, -0.2) is 50.9 Å². The molecule has 7 nitrogen and oxygen atoms in total. The van der Waals surface area contributed by atoms with Gasteiger partial charge in [0.25, 0.3) is 0 Å². The molecule has 0 amide bonds. The number of hydrogen-bond acceptors (Lipinski definition) is 6. The van der Waals surface area contributed by atoms with Crippen molar-refractivity contribution in [3.63, 3.8) is 0 Å². The van der Waals surface area contributed by atoms with Gasteiger partial charge < -0.3 is 14.7 Å². The van der Waals surface area contributed by atoms with Gasteiger partial charge in [-0.15, -0.1) is 0 Å². The number of aromatic nitrogens is 4. The molecule has 2 unspecified atom stereocenters. The van der Waals surface area contributed by atoms with E-state index in [1.165, 1.54) is 6.33 Å². The van der Waals surface area contributed by atoms with Crippen LogP contribution in [0.4, 0.5) is 10.1 Å². The molecule has 4 aromatic rings. The first-order chi connectivity index (χ1) is 15.6. The number of anilines is 1. The highest BCUT2D eigenvalue weighted by molar-refractivity contribution is 5.98. The van der Waals surface area contributed by atoms with Crippen molar-refractivity contribution >= 4 is 16.6 Å². The number of methoxy groups -OCH3 is 1. The van der Waals surface area contributed by atoms with Gasteiger partial charge in [0.2, 0.25) is 0 Å². The van der Waals surface area contributed by atoms with E-state index in [-0.39, 0.29) is 0 Å². The number of halogens is 1. The largest absolute Gasteiger partial charge is 0.495 e. The van der Waals surface area contributed by atoms with E-state index in [2.05, 4.69) is 15.1 Å². The zero-order valence-corrected chi connectivity index (χ0v) is 17.9. The molecule has 0 bridgehead atoms. The molecule has 1 aliphatic heterocycles. The van der Waals surface area contributed by atoms with E-state index in [4.69, 9.17) is 4.74 Å². The number of hydrogen-bond donors (Lipinski definition) is 1. The summed E-state index contributed by atoms with van der Waals surface area (Å²) in [6.45, 7) is 0.491. The fraction of sp³-hybridized carbons (Fsp3) is 0.292. The first-order valence-corrected chi connectivity index (χ1v) is 10.6. The molecule has 0 radical (unpaired) electrons. The normalized spacial score (nSPS) is 18.8. The van der Waals surface area contributed by atoms with Crippen LogP contribution >= 0.6 is 0 Å². The van der Waals surface area contributed by atoms with Crippen LogP contribution in [0.15, 0.2) is 55.0 Å². The number of ether oxygens (including phenoxy) is 1. The van der Waals surface area contributed by atoms with Gasteiger partial charge in [0.05, 0.1) is 24.0 Å². The summed E-state index contributed by atoms with van der Waals surface area (Å²) in [6, 6.07) is 13.6. The molecule has 0 aliphatic carbocycles. The SMILES string of the molecule is COc1cc2ncnc(-c3cn(C)nc3-c3ccccc3)c2cc1N1CCCC(O)C1F. The number of benzene rings is 2. The lowest BCUT2D eigenvalue weighted by atomic mass is 10.0. The van der Waals surface area contributed by atoms with Crippen molar-refractivity contribution < 1.29 is 14.2 Å². The smallest absolute Gasteiger partial charge is 0.198 e. The summed E-state index contributed by atoms with van der Waals surface area (Å²) in [5.74, 6) is 0.508. The number of aryl methyl sites for hydroxylation is 1. The Morgan fingerprint density at radius 1 is 1.12 bits per heavy atom. The van der Waals surface area contributed by atoms with E-state index < -0.39 is 12.4 Å². The Morgan fingerprint density at radius 3 is 2.72 bits per heavy atom. The predicted molar refractivity (Wildman–Crippen MR) is 121 cm³/mol. The highest BCUT2D eigenvalue weighted by Crippen LogP contribution is 2.40. The van der Waals surface area contributed by atoms with Gasteiger partial charge in [0.1, 0.15) is 23.9 Å². The maximum atomic E-state index is 14.9.